The Morgan fingerprint density at radius 1 is 1.24 bits per heavy atom. The van der Waals surface area contributed by atoms with Gasteiger partial charge in [-0.05, 0) is 13.8 Å². The summed E-state index contributed by atoms with van der Waals surface area (Å²) in [5.41, 5.74) is 6.97. The van der Waals surface area contributed by atoms with E-state index in [0.29, 0.717) is 36.1 Å². The zero-order valence-electron chi connectivity index (χ0n) is 10.1. The average molecular weight is 236 g/mol. The number of primary amides is 1. The third-order valence-corrected chi connectivity index (χ3v) is 2.80. The molecule has 1 fully saturated rings. The first-order valence-corrected chi connectivity index (χ1v) is 5.57. The number of carbonyl (C=O) groups excluding carboxylic acids is 1. The van der Waals surface area contributed by atoms with Crippen molar-refractivity contribution in [2.24, 2.45) is 5.73 Å². The Morgan fingerprint density at radius 2 is 1.76 bits per heavy atom. The third-order valence-electron chi connectivity index (χ3n) is 2.80. The van der Waals surface area contributed by atoms with Crippen LogP contribution in [0, 0.1) is 13.8 Å². The molecule has 1 aliphatic rings. The topological polar surface area (TPSA) is 81.3 Å². The summed E-state index contributed by atoms with van der Waals surface area (Å²) >= 11 is 0. The molecular weight excluding hydrogens is 220 g/mol. The maximum absolute atomic E-state index is 11.2. The number of aryl methyl sites for hydroxylation is 2. The number of aromatic nitrogens is 2. The Labute approximate surface area is 99.8 Å². The molecule has 0 aliphatic carbocycles. The third kappa shape index (κ3) is 2.36. The van der Waals surface area contributed by atoms with Gasteiger partial charge in [0.05, 0.1) is 30.2 Å². The predicted octanol–water partition coefficient (Wildman–Crippen LogP) is 0.0289. The summed E-state index contributed by atoms with van der Waals surface area (Å²) in [5, 5.41) is 0. The van der Waals surface area contributed by atoms with E-state index in [1.165, 1.54) is 0 Å². The number of morpholine rings is 1. The molecule has 2 N–H and O–H groups in total. The van der Waals surface area contributed by atoms with Gasteiger partial charge in [-0.25, -0.2) is 9.97 Å². The number of hydrogen-bond donors (Lipinski definition) is 1. The fourth-order valence-corrected chi connectivity index (χ4v) is 1.96. The fourth-order valence-electron chi connectivity index (χ4n) is 1.96. The summed E-state index contributed by atoms with van der Waals surface area (Å²) in [6.45, 7) is 6.46. The van der Waals surface area contributed by atoms with E-state index in [9.17, 15) is 4.79 Å². The Hall–Kier alpha value is -1.69. The molecule has 0 bridgehead atoms. The largest absolute Gasteiger partial charge is 0.378 e. The van der Waals surface area contributed by atoms with Crippen LogP contribution in [0.25, 0.3) is 0 Å². The highest BCUT2D eigenvalue weighted by molar-refractivity contribution is 5.95. The average Bonchev–Trinajstić information content (AvgIpc) is 2.28. The molecule has 1 aliphatic heterocycles. The van der Waals surface area contributed by atoms with Crippen molar-refractivity contribution in [1.29, 1.82) is 0 Å². The van der Waals surface area contributed by atoms with Crippen molar-refractivity contribution in [3.63, 3.8) is 0 Å². The van der Waals surface area contributed by atoms with Crippen LogP contribution in [-0.2, 0) is 4.74 Å². The lowest BCUT2D eigenvalue weighted by Gasteiger charge is -2.27. The Balaban J connectivity index is 2.34. The predicted molar refractivity (Wildman–Crippen MR) is 63.1 cm³/mol. The van der Waals surface area contributed by atoms with Gasteiger partial charge in [-0.1, -0.05) is 0 Å². The summed E-state index contributed by atoms with van der Waals surface area (Å²) in [6.07, 6.45) is 0. The molecule has 2 heterocycles. The van der Waals surface area contributed by atoms with E-state index in [1.807, 2.05) is 4.90 Å². The highest BCUT2D eigenvalue weighted by atomic mass is 16.5. The van der Waals surface area contributed by atoms with Crippen LogP contribution in [-0.4, -0.2) is 42.2 Å². The zero-order chi connectivity index (χ0) is 12.4. The molecule has 0 atom stereocenters. The standard InChI is InChI=1S/C11H16N4O2/c1-7-9(10(12)16)8(2)14-11(13-7)15-3-5-17-6-4-15/h3-6H2,1-2H3,(H2,12,16). The quantitative estimate of drug-likeness (QED) is 0.783. The lowest BCUT2D eigenvalue weighted by molar-refractivity contribution is 0.0998. The van der Waals surface area contributed by atoms with Gasteiger partial charge in [0, 0.05) is 13.1 Å². The second kappa shape index (κ2) is 4.67. The van der Waals surface area contributed by atoms with Crippen LogP contribution in [0.3, 0.4) is 0 Å². The maximum Gasteiger partial charge on any atom is 0.252 e. The van der Waals surface area contributed by atoms with E-state index in [0.717, 1.165) is 13.1 Å². The van der Waals surface area contributed by atoms with E-state index < -0.39 is 5.91 Å². The number of hydrogen-bond acceptors (Lipinski definition) is 5. The van der Waals surface area contributed by atoms with Crippen molar-refractivity contribution in [3.05, 3.63) is 17.0 Å². The summed E-state index contributed by atoms with van der Waals surface area (Å²) in [4.78, 5) is 22.0. The summed E-state index contributed by atoms with van der Waals surface area (Å²) < 4.78 is 5.27. The molecule has 92 valence electrons. The van der Waals surface area contributed by atoms with Gasteiger partial charge in [-0.3, -0.25) is 4.79 Å². The number of nitrogens with zero attached hydrogens (tertiary/aromatic N) is 3. The summed E-state index contributed by atoms with van der Waals surface area (Å²) in [7, 11) is 0. The van der Waals surface area contributed by atoms with E-state index in [2.05, 4.69) is 9.97 Å². The van der Waals surface area contributed by atoms with Crippen molar-refractivity contribution >= 4 is 11.9 Å². The number of rotatable bonds is 2. The molecule has 1 aromatic heterocycles. The lowest BCUT2D eigenvalue weighted by atomic mass is 10.1. The van der Waals surface area contributed by atoms with Crippen molar-refractivity contribution in [1.82, 2.24) is 9.97 Å². The molecular formula is C11H16N4O2. The molecule has 0 aromatic carbocycles. The van der Waals surface area contributed by atoms with Crippen LogP contribution >= 0.6 is 0 Å². The molecule has 0 unspecified atom stereocenters. The normalized spacial score (nSPS) is 16.0. The smallest absolute Gasteiger partial charge is 0.252 e. The molecule has 0 spiro atoms. The molecule has 6 heteroatoms. The highest BCUT2D eigenvalue weighted by Crippen LogP contribution is 2.16. The minimum absolute atomic E-state index is 0.419. The van der Waals surface area contributed by atoms with Crippen LogP contribution in [0.4, 0.5) is 5.95 Å². The molecule has 6 nitrogen and oxygen atoms in total. The summed E-state index contributed by atoms with van der Waals surface area (Å²) in [5.74, 6) is 0.168. The maximum atomic E-state index is 11.2. The van der Waals surface area contributed by atoms with Crippen molar-refractivity contribution in [3.8, 4) is 0 Å². The molecule has 1 amide bonds. The minimum atomic E-state index is -0.478. The number of ether oxygens (including phenoxy) is 1. The first kappa shape index (κ1) is 11.8. The van der Waals surface area contributed by atoms with Gasteiger partial charge in [-0.2, -0.15) is 0 Å². The van der Waals surface area contributed by atoms with Crippen LogP contribution in [0.5, 0.6) is 0 Å². The minimum Gasteiger partial charge on any atom is -0.378 e. The van der Waals surface area contributed by atoms with E-state index in [4.69, 9.17) is 10.5 Å². The number of nitrogens with two attached hydrogens (primary N) is 1. The van der Waals surface area contributed by atoms with Crippen LogP contribution < -0.4 is 10.6 Å². The van der Waals surface area contributed by atoms with Crippen molar-refractivity contribution in [2.45, 2.75) is 13.8 Å². The van der Waals surface area contributed by atoms with Crippen LogP contribution in [0.15, 0.2) is 0 Å². The summed E-state index contributed by atoms with van der Waals surface area (Å²) in [6, 6.07) is 0. The second-order valence-corrected chi connectivity index (χ2v) is 4.03. The van der Waals surface area contributed by atoms with Gasteiger partial charge >= 0.3 is 0 Å². The Morgan fingerprint density at radius 3 is 2.24 bits per heavy atom. The molecule has 1 aromatic rings. The van der Waals surface area contributed by atoms with Gasteiger partial charge in [0.1, 0.15) is 0 Å². The van der Waals surface area contributed by atoms with E-state index in [-0.39, 0.29) is 0 Å². The SMILES string of the molecule is Cc1nc(N2CCOCC2)nc(C)c1C(N)=O. The first-order valence-electron chi connectivity index (χ1n) is 5.57. The van der Waals surface area contributed by atoms with Crippen molar-refractivity contribution < 1.29 is 9.53 Å². The molecule has 0 saturated carbocycles. The van der Waals surface area contributed by atoms with Gasteiger partial charge < -0.3 is 15.4 Å². The van der Waals surface area contributed by atoms with E-state index >= 15 is 0 Å². The van der Waals surface area contributed by atoms with Crippen LogP contribution in [0.2, 0.25) is 0 Å². The van der Waals surface area contributed by atoms with Gasteiger partial charge in [0.25, 0.3) is 5.91 Å². The van der Waals surface area contributed by atoms with E-state index in [1.54, 1.807) is 13.8 Å². The van der Waals surface area contributed by atoms with Gasteiger partial charge in [-0.15, -0.1) is 0 Å². The lowest BCUT2D eigenvalue weighted by Crippen LogP contribution is -2.37. The zero-order valence-corrected chi connectivity index (χ0v) is 10.1. The highest BCUT2D eigenvalue weighted by Gasteiger charge is 2.18. The van der Waals surface area contributed by atoms with Crippen LogP contribution in [0.1, 0.15) is 21.7 Å². The monoisotopic (exact) mass is 236 g/mol. The second-order valence-electron chi connectivity index (χ2n) is 4.03. The Bertz CT molecular complexity index is 418. The van der Waals surface area contributed by atoms with Gasteiger partial charge in [0.15, 0.2) is 0 Å². The Kier molecular flexibility index (Phi) is 3.23. The number of amides is 1. The van der Waals surface area contributed by atoms with Crippen molar-refractivity contribution in [2.75, 3.05) is 31.2 Å². The molecule has 1 saturated heterocycles. The first-order chi connectivity index (χ1) is 8.09. The molecule has 0 radical (unpaired) electrons. The van der Waals surface area contributed by atoms with Gasteiger partial charge in [0.2, 0.25) is 5.95 Å². The molecule has 17 heavy (non-hydrogen) atoms. The number of anilines is 1. The number of carbonyl (C=O) groups is 1. The fraction of sp³-hybridized carbons (Fsp3) is 0.545. The molecule has 2 rings (SSSR count).